The summed E-state index contributed by atoms with van der Waals surface area (Å²) in [6.45, 7) is 0. The molecule has 0 spiro atoms. The third-order valence-electron chi connectivity index (χ3n) is 2.49. The van der Waals surface area contributed by atoms with Crippen molar-refractivity contribution in [2.75, 3.05) is 0 Å². The van der Waals surface area contributed by atoms with Gasteiger partial charge in [-0.05, 0) is 18.2 Å². The molecule has 2 aromatic rings. The molecule has 0 fully saturated rings. The van der Waals surface area contributed by atoms with E-state index in [2.05, 4.69) is 0 Å². The van der Waals surface area contributed by atoms with Crippen LogP contribution in [-0.4, -0.2) is 11.2 Å². The number of benzene rings is 2. The van der Waals surface area contributed by atoms with Crippen LogP contribution < -0.4 is 4.74 Å². The Kier molecular flexibility index (Phi) is 4.13. The molecule has 108 valence electrons. The van der Waals surface area contributed by atoms with Gasteiger partial charge in [0.1, 0.15) is 12.0 Å². The van der Waals surface area contributed by atoms with Crippen molar-refractivity contribution in [1.29, 1.82) is 0 Å². The largest absolute Gasteiger partial charge is 0.450 e. The lowest BCUT2D eigenvalue weighted by atomic mass is 10.2. The summed E-state index contributed by atoms with van der Waals surface area (Å²) in [6.07, 6.45) is 0.287. The minimum Gasteiger partial charge on any atom is -0.450 e. The first-order valence-electron chi connectivity index (χ1n) is 5.48. The second kappa shape index (κ2) is 5.84. The number of nitrogens with zero attached hydrogens (tertiary/aromatic N) is 1. The molecule has 0 aromatic heterocycles. The maximum atomic E-state index is 13.6. The molecule has 21 heavy (non-hydrogen) atoms. The highest BCUT2D eigenvalue weighted by atomic mass is 35.5. The summed E-state index contributed by atoms with van der Waals surface area (Å²) < 4.78 is 32.3. The Labute approximate surface area is 121 Å². The van der Waals surface area contributed by atoms with Crippen molar-refractivity contribution in [1.82, 2.24) is 0 Å². The number of hydrogen-bond acceptors (Lipinski definition) is 4. The number of carbonyl (C=O) groups is 1. The van der Waals surface area contributed by atoms with Gasteiger partial charge in [-0.3, -0.25) is 14.9 Å². The summed E-state index contributed by atoms with van der Waals surface area (Å²) >= 11 is 5.76. The Morgan fingerprint density at radius 2 is 1.81 bits per heavy atom. The average Bonchev–Trinajstić information content (AvgIpc) is 2.43. The van der Waals surface area contributed by atoms with Gasteiger partial charge in [-0.15, -0.1) is 0 Å². The Balaban J connectivity index is 2.39. The van der Waals surface area contributed by atoms with Gasteiger partial charge in [0.15, 0.2) is 17.4 Å². The maximum absolute atomic E-state index is 13.6. The molecule has 0 atom stereocenters. The number of non-ortho nitro benzene ring substituents is 1. The lowest BCUT2D eigenvalue weighted by Gasteiger charge is -2.09. The van der Waals surface area contributed by atoms with Gasteiger partial charge in [0.2, 0.25) is 0 Å². The van der Waals surface area contributed by atoms with Gasteiger partial charge in [0.05, 0.1) is 9.95 Å². The van der Waals surface area contributed by atoms with Crippen LogP contribution in [0.4, 0.5) is 14.5 Å². The number of nitro groups is 1. The van der Waals surface area contributed by atoms with Crippen LogP contribution in [0.2, 0.25) is 5.02 Å². The highest BCUT2D eigenvalue weighted by Gasteiger charge is 2.17. The number of aldehydes is 1. The normalized spacial score (nSPS) is 10.2. The third-order valence-corrected chi connectivity index (χ3v) is 2.79. The number of rotatable bonds is 4. The van der Waals surface area contributed by atoms with Gasteiger partial charge in [-0.25, -0.2) is 8.78 Å². The van der Waals surface area contributed by atoms with Crippen molar-refractivity contribution in [2.45, 2.75) is 0 Å². The molecular formula is C13H6ClF2NO4. The summed E-state index contributed by atoms with van der Waals surface area (Å²) in [5, 5.41) is 10.4. The lowest BCUT2D eigenvalue weighted by molar-refractivity contribution is -0.384. The predicted molar refractivity (Wildman–Crippen MR) is 69.9 cm³/mol. The van der Waals surface area contributed by atoms with E-state index >= 15 is 0 Å². The van der Waals surface area contributed by atoms with Crippen molar-refractivity contribution >= 4 is 23.6 Å². The van der Waals surface area contributed by atoms with Crippen LogP contribution in [0.15, 0.2) is 30.3 Å². The zero-order valence-electron chi connectivity index (χ0n) is 10.2. The standard InChI is InChI=1S/C13H6ClF2NO4/c14-9-5-8(17(19)20)1-2-12(9)21-13-10(15)3-7(6-18)4-11(13)16/h1-6H. The first-order chi connectivity index (χ1) is 9.92. The fraction of sp³-hybridized carbons (Fsp3) is 0. The Hall–Kier alpha value is -2.54. The Bertz CT molecular complexity index is 713. The predicted octanol–water partition coefficient (Wildman–Crippen LogP) is 4.13. The summed E-state index contributed by atoms with van der Waals surface area (Å²) in [4.78, 5) is 20.4. The minimum atomic E-state index is -1.09. The van der Waals surface area contributed by atoms with Crippen LogP contribution in [0, 0.1) is 21.7 Å². The van der Waals surface area contributed by atoms with E-state index < -0.39 is 22.3 Å². The minimum absolute atomic E-state index is 0.154. The molecule has 0 aliphatic heterocycles. The van der Waals surface area contributed by atoms with E-state index in [9.17, 15) is 23.7 Å². The molecule has 0 saturated carbocycles. The Morgan fingerprint density at radius 3 is 2.29 bits per heavy atom. The molecule has 0 aliphatic rings. The number of ether oxygens (including phenoxy) is 1. The van der Waals surface area contributed by atoms with Crippen molar-refractivity contribution < 1.29 is 23.2 Å². The third kappa shape index (κ3) is 3.14. The molecule has 5 nitrogen and oxygen atoms in total. The van der Waals surface area contributed by atoms with E-state index in [-0.39, 0.29) is 28.3 Å². The van der Waals surface area contributed by atoms with Crippen LogP contribution >= 0.6 is 11.6 Å². The van der Waals surface area contributed by atoms with E-state index in [1.54, 1.807) is 0 Å². The van der Waals surface area contributed by atoms with Crippen LogP contribution in [0.1, 0.15) is 10.4 Å². The number of carbonyl (C=O) groups excluding carboxylic acids is 1. The van der Waals surface area contributed by atoms with Crippen molar-refractivity contribution in [3.8, 4) is 11.5 Å². The number of halogens is 3. The lowest BCUT2D eigenvalue weighted by Crippen LogP contribution is -1.96. The molecule has 8 heteroatoms. The Morgan fingerprint density at radius 1 is 1.19 bits per heavy atom. The monoisotopic (exact) mass is 313 g/mol. The van der Waals surface area contributed by atoms with E-state index in [0.717, 1.165) is 30.3 Å². The molecule has 0 unspecified atom stereocenters. The van der Waals surface area contributed by atoms with E-state index in [0.29, 0.717) is 0 Å². The molecular weight excluding hydrogens is 308 g/mol. The molecule has 0 amide bonds. The van der Waals surface area contributed by atoms with Gasteiger partial charge in [-0.1, -0.05) is 11.6 Å². The summed E-state index contributed by atoms with van der Waals surface area (Å²) in [5.41, 5.74) is -0.475. The van der Waals surface area contributed by atoms with Crippen LogP contribution in [0.25, 0.3) is 0 Å². The van der Waals surface area contributed by atoms with E-state index in [1.165, 1.54) is 0 Å². The SMILES string of the molecule is O=Cc1cc(F)c(Oc2ccc([N+](=O)[O-])cc2Cl)c(F)c1. The van der Waals surface area contributed by atoms with Crippen molar-refractivity contribution in [3.05, 3.63) is 62.7 Å². The average molecular weight is 314 g/mol. The van der Waals surface area contributed by atoms with Crippen LogP contribution in [0.3, 0.4) is 0 Å². The van der Waals surface area contributed by atoms with Gasteiger partial charge >= 0.3 is 0 Å². The van der Waals surface area contributed by atoms with E-state index in [4.69, 9.17) is 16.3 Å². The fourth-order valence-corrected chi connectivity index (χ4v) is 1.75. The van der Waals surface area contributed by atoms with E-state index in [1.807, 2.05) is 0 Å². The maximum Gasteiger partial charge on any atom is 0.271 e. The fourth-order valence-electron chi connectivity index (χ4n) is 1.54. The molecule has 0 saturated heterocycles. The second-order valence-corrected chi connectivity index (χ2v) is 4.31. The zero-order valence-corrected chi connectivity index (χ0v) is 10.9. The zero-order chi connectivity index (χ0) is 15.6. The molecule has 0 aliphatic carbocycles. The first-order valence-corrected chi connectivity index (χ1v) is 5.86. The molecule has 2 rings (SSSR count). The van der Waals surface area contributed by atoms with Gasteiger partial charge in [0.25, 0.3) is 5.69 Å². The molecule has 0 radical (unpaired) electrons. The highest BCUT2D eigenvalue weighted by Crippen LogP contribution is 2.34. The first kappa shape index (κ1) is 14.9. The van der Waals surface area contributed by atoms with Crippen LogP contribution in [-0.2, 0) is 0 Å². The van der Waals surface area contributed by atoms with Gasteiger partial charge < -0.3 is 4.74 Å². The molecule has 0 N–H and O–H groups in total. The smallest absolute Gasteiger partial charge is 0.271 e. The number of hydrogen-bond donors (Lipinski definition) is 0. The molecule has 0 bridgehead atoms. The summed E-state index contributed by atoms with van der Waals surface area (Å²) in [6, 6.07) is 4.78. The van der Waals surface area contributed by atoms with Gasteiger partial charge in [0, 0.05) is 17.7 Å². The molecule has 2 aromatic carbocycles. The second-order valence-electron chi connectivity index (χ2n) is 3.91. The summed E-state index contributed by atoms with van der Waals surface area (Å²) in [5.74, 6) is -3.09. The van der Waals surface area contributed by atoms with Crippen LogP contribution in [0.5, 0.6) is 11.5 Å². The molecule has 0 heterocycles. The quantitative estimate of drug-likeness (QED) is 0.483. The topological polar surface area (TPSA) is 69.4 Å². The van der Waals surface area contributed by atoms with Crippen molar-refractivity contribution in [3.63, 3.8) is 0 Å². The number of nitro benzene ring substituents is 1. The highest BCUT2D eigenvalue weighted by molar-refractivity contribution is 6.32. The summed E-state index contributed by atoms with van der Waals surface area (Å²) in [7, 11) is 0. The van der Waals surface area contributed by atoms with Crippen molar-refractivity contribution in [2.24, 2.45) is 0 Å². The van der Waals surface area contributed by atoms with Gasteiger partial charge in [-0.2, -0.15) is 0 Å².